The number of nitrogens with zero attached hydrogens (tertiary/aromatic N) is 2. The van der Waals surface area contributed by atoms with Crippen LogP contribution in [-0.4, -0.2) is 5.11 Å². The maximum Gasteiger partial charge on any atom is 0.157 e. The Morgan fingerprint density at radius 3 is 2.37 bits per heavy atom. The minimum Gasteiger partial charge on any atom is -0.505 e. The Labute approximate surface area is 121 Å². The lowest BCUT2D eigenvalue weighted by atomic mass is 10.0. The first kappa shape index (κ1) is 13.7. The van der Waals surface area contributed by atoms with Crippen molar-refractivity contribution >= 4 is 27.3 Å². The van der Waals surface area contributed by atoms with E-state index in [1.807, 2.05) is 42.5 Å². The van der Waals surface area contributed by atoms with E-state index in [2.05, 4.69) is 40.0 Å². The number of rotatable bonds is 3. The smallest absolute Gasteiger partial charge is 0.157 e. The highest BCUT2D eigenvalue weighted by Crippen LogP contribution is 2.38. The summed E-state index contributed by atoms with van der Waals surface area (Å²) >= 11 is 3.34. The van der Waals surface area contributed by atoms with Crippen molar-refractivity contribution in [3.63, 3.8) is 0 Å². The molecule has 0 atom stereocenters. The van der Waals surface area contributed by atoms with Gasteiger partial charge in [-0.05, 0) is 51.7 Å². The van der Waals surface area contributed by atoms with E-state index in [0.29, 0.717) is 16.1 Å². The largest absolute Gasteiger partial charge is 0.505 e. The van der Waals surface area contributed by atoms with Gasteiger partial charge in [-0.1, -0.05) is 32.0 Å². The molecule has 0 bridgehead atoms. The van der Waals surface area contributed by atoms with Crippen molar-refractivity contribution in [3.8, 4) is 5.75 Å². The molecule has 0 aromatic heterocycles. The third kappa shape index (κ3) is 3.41. The molecule has 2 aromatic rings. The minimum absolute atomic E-state index is 0.115. The fourth-order valence-corrected chi connectivity index (χ4v) is 2.09. The average molecular weight is 319 g/mol. The Balaban J connectivity index is 2.37. The topological polar surface area (TPSA) is 45.0 Å². The van der Waals surface area contributed by atoms with Crippen LogP contribution >= 0.6 is 15.9 Å². The van der Waals surface area contributed by atoms with Crippen LogP contribution in [0.4, 0.5) is 11.4 Å². The summed E-state index contributed by atoms with van der Waals surface area (Å²) in [5, 5.41) is 18.2. The van der Waals surface area contributed by atoms with Crippen LogP contribution in [0.15, 0.2) is 57.2 Å². The van der Waals surface area contributed by atoms with E-state index in [1.54, 1.807) is 0 Å². The zero-order valence-corrected chi connectivity index (χ0v) is 12.4. The summed E-state index contributed by atoms with van der Waals surface area (Å²) in [5.41, 5.74) is 2.33. The Hall–Kier alpha value is -1.68. The zero-order chi connectivity index (χ0) is 13.8. The third-order valence-corrected chi connectivity index (χ3v) is 3.37. The molecular formula is C15H15BrN2O. The second kappa shape index (κ2) is 5.97. The van der Waals surface area contributed by atoms with Crippen molar-refractivity contribution in [3.05, 3.63) is 52.5 Å². The number of phenolic OH excluding ortho intramolecular Hbond substituents is 1. The summed E-state index contributed by atoms with van der Waals surface area (Å²) in [6.07, 6.45) is 0. The monoisotopic (exact) mass is 318 g/mol. The molecule has 0 saturated carbocycles. The molecule has 2 aromatic carbocycles. The van der Waals surface area contributed by atoms with Crippen molar-refractivity contribution < 1.29 is 5.11 Å². The molecular weight excluding hydrogens is 304 g/mol. The van der Waals surface area contributed by atoms with Gasteiger partial charge in [-0.25, -0.2) is 0 Å². The normalized spacial score (nSPS) is 11.4. The van der Waals surface area contributed by atoms with Gasteiger partial charge in [-0.3, -0.25) is 0 Å². The van der Waals surface area contributed by atoms with E-state index < -0.39 is 0 Å². The minimum atomic E-state index is 0.115. The molecule has 0 heterocycles. The summed E-state index contributed by atoms with van der Waals surface area (Å²) in [5.74, 6) is 0.478. The number of phenols is 1. The third-order valence-electron chi connectivity index (χ3n) is 2.76. The summed E-state index contributed by atoms with van der Waals surface area (Å²) in [7, 11) is 0. The van der Waals surface area contributed by atoms with Crippen LogP contribution < -0.4 is 0 Å². The van der Waals surface area contributed by atoms with Gasteiger partial charge in [-0.2, -0.15) is 5.11 Å². The fraction of sp³-hybridized carbons (Fsp3) is 0.200. The molecule has 0 saturated heterocycles. The quantitative estimate of drug-likeness (QED) is 0.725. The highest BCUT2D eigenvalue weighted by molar-refractivity contribution is 9.10. The number of azo groups is 1. The molecule has 0 aliphatic heterocycles. The van der Waals surface area contributed by atoms with Gasteiger partial charge >= 0.3 is 0 Å². The molecule has 3 nitrogen and oxygen atoms in total. The predicted molar refractivity (Wildman–Crippen MR) is 80.5 cm³/mol. The summed E-state index contributed by atoms with van der Waals surface area (Å²) in [6, 6.07) is 13.2. The molecule has 2 rings (SSSR count). The van der Waals surface area contributed by atoms with Crippen LogP contribution in [0.2, 0.25) is 0 Å². The Morgan fingerprint density at radius 1 is 1.05 bits per heavy atom. The van der Waals surface area contributed by atoms with Gasteiger partial charge in [-0.15, -0.1) is 5.11 Å². The maximum atomic E-state index is 9.98. The predicted octanol–water partition coefficient (Wildman–Crippen LogP) is 5.69. The van der Waals surface area contributed by atoms with E-state index in [-0.39, 0.29) is 5.75 Å². The van der Waals surface area contributed by atoms with Gasteiger partial charge in [0.05, 0.1) is 10.2 Å². The van der Waals surface area contributed by atoms with Gasteiger partial charge in [0.1, 0.15) is 5.69 Å². The van der Waals surface area contributed by atoms with Crippen LogP contribution in [0.1, 0.15) is 25.3 Å². The highest BCUT2D eigenvalue weighted by atomic mass is 79.9. The summed E-state index contributed by atoms with van der Waals surface area (Å²) < 4.78 is 0.640. The first-order chi connectivity index (χ1) is 9.08. The molecule has 0 aliphatic carbocycles. The molecule has 1 N–H and O–H groups in total. The van der Waals surface area contributed by atoms with Crippen LogP contribution in [0.25, 0.3) is 0 Å². The van der Waals surface area contributed by atoms with Gasteiger partial charge in [0.2, 0.25) is 0 Å². The fourth-order valence-electron chi connectivity index (χ4n) is 1.62. The molecule has 0 aliphatic rings. The molecule has 98 valence electrons. The lowest BCUT2D eigenvalue weighted by molar-refractivity contribution is 0.472. The zero-order valence-electron chi connectivity index (χ0n) is 10.8. The maximum absolute atomic E-state index is 9.98. The first-order valence-corrected chi connectivity index (χ1v) is 6.86. The van der Waals surface area contributed by atoms with E-state index in [9.17, 15) is 5.11 Å². The van der Waals surface area contributed by atoms with Crippen LogP contribution in [0.5, 0.6) is 5.75 Å². The van der Waals surface area contributed by atoms with Crippen molar-refractivity contribution in [2.24, 2.45) is 10.2 Å². The second-order valence-corrected chi connectivity index (χ2v) is 5.42. The first-order valence-electron chi connectivity index (χ1n) is 6.07. The number of hydrogen-bond donors (Lipinski definition) is 1. The van der Waals surface area contributed by atoms with Crippen LogP contribution in [0, 0.1) is 0 Å². The Bertz CT molecular complexity index is 595. The lowest BCUT2D eigenvalue weighted by Gasteiger charge is -2.08. The molecule has 0 amide bonds. The molecule has 4 heteroatoms. The molecule has 19 heavy (non-hydrogen) atoms. The Kier molecular flexibility index (Phi) is 4.32. The van der Waals surface area contributed by atoms with Crippen molar-refractivity contribution in [1.82, 2.24) is 0 Å². The molecule has 0 radical (unpaired) electrons. The van der Waals surface area contributed by atoms with E-state index in [0.717, 1.165) is 11.3 Å². The van der Waals surface area contributed by atoms with E-state index >= 15 is 0 Å². The van der Waals surface area contributed by atoms with Crippen molar-refractivity contribution in [2.75, 3.05) is 0 Å². The highest BCUT2D eigenvalue weighted by Gasteiger charge is 2.09. The van der Waals surface area contributed by atoms with Crippen LogP contribution in [-0.2, 0) is 0 Å². The van der Waals surface area contributed by atoms with Crippen molar-refractivity contribution in [1.29, 1.82) is 0 Å². The SMILES string of the molecule is CC(C)c1cc(Br)c(O)c(N=Nc2ccccc2)c1. The van der Waals surface area contributed by atoms with E-state index in [1.165, 1.54) is 0 Å². The van der Waals surface area contributed by atoms with Gasteiger partial charge in [0, 0.05) is 0 Å². The molecule has 0 spiro atoms. The lowest BCUT2D eigenvalue weighted by Crippen LogP contribution is -1.87. The van der Waals surface area contributed by atoms with Gasteiger partial charge in [0.15, 0.2) is 5.75 Å². The van der Waals surface area contributed by atoms with Gasteiger partial charge < -0.3 is 5.11 Å². The Morgan fingerprint density at radius 2 is 1.74 bits per heavy atom. The van der Waals surface area contributed by atoms with Gasteiger partial charge in [0.25, 0.3) is 0 Å². The summed E-state index contributed by atoms with van der Waals surface area (Å²) in [6.45, 7) is 4.19. The van der Waals surface area contributed by atoms with E-state index in [4.69, 9.17) is 0 Å². The van der Waals surface area contributed by atoms with Crippen LogP contribution in [0.3, 0.4) is 0 Å². The number of aromatic hydroxyl groups is 1. The number of benzene rings is 2. The number of halogens is 1. The number of hydrogen-bond acceptors (Lipinski definition) is 3. The summed E-state index contributed by atoms with van der Waals surface area (Å²) in [4.78, 5) is 0. The molecule has 0 fully saturated rings. The second-order valence-electron chi connectivity index (χ2n) is 4.56. The molecule has 0 unspecified atom stereocenters. The standard InChI is InChI=1S/C15H15BrN2O/c1-10(2)11-8-13(16)15(19)14(9-11)18-17-12-6-4-3-5-7-12/h3-10,19H,1-2H3. The average Bonchev–Trinajstić information content (AvgIpc) is 2.41. The van der Waals surface area contributed by atoms with Crippen molar-refractivity contribution in [2.45, 2.75) is 19.8 Å².